The number of benzene rings is 2. The average molecular weight is 346 g/mol. The Labute approximate surface area is 130 Å². The molecule has 1 aromatic heterocycles. The van der Waals surface area contributed by atoms with Gasteiger partial charge in [0.15, 0.2) is 0 Å². The van der Waals surface area contributed by atoms with Gasteiger partial charge in [0.2, 0.25) is 5.62 Å². The number of halogens is 1. The smallest absolute Gasteiger partial charge is 0.203 e. The molecule has 0 aliphatic rings. The third kappa shape index (κ3) is 2.32. The molecule has 4 nitrogen and oxygen atoms in total. The highest BCUT2D eigenvalue weighted by Gasteiger charge is 2.18. The molecule has 0 aliphatic carbocycles. The van der Waals surface area contributed by atoms with Crippen LogP contribution in [0.1, 0.15) is 11.6 Å². The molecule has 21 heavy (non-hydrogen) atoms. The van der Waals surface area contributed by atoms with E-state index in [1.807, 2.05) is 64.7 Å². The summed E-state index contributed by atoms with van der Waals surface area (Å²) in [6.45, 7) is -0.0494. The summed E-state index contributed by atoms with van der Waals surface area (Å²) in [6, 6.07) is 15.5. The van der Waals surface area contributed by atoms with Crippen LogP contribution < -0.4 is 5.62 Å². The van der Waals surface area contributed by atoms with Gasteiger partial charge in [-0.25, -0.2) is 0 Å². The molecule has 0 spiro atoms. The van der Waals surface area contributed by atoms with Gasteiger partial charge in [0, 0.05) is 11.5 Å². The van der Waals surface area contributed by atoms with Gasteiger partial charge >= 0.3 is 0 Å². The van der Waals surface area contributed by atoms with E-state index >= 15 is 0 Å². The van der Waals surface area contributed by atoms with Crippen LogP contribution in [0, 0.1) is 5.41 Å². The highest BCUT2D eigenvalue weighted by Crippen LogP contribution is 2.23. The van der Waals surface area contributed by atoms with Crippen molar-refractivity contribution >= 4 is 27.0 Å². The van der Waals surface area contributed by atoms with E-state index in [-0.39, 0.29) is 12.6 Å². The zero-order valence-electron chi connectivity index (χ0n) is 11.6. The van der Waals surface area contributed by atoms with E-state index < -0.39 is 0 Å². The van der Waals surface area contributed by atoms with Crippen LogP contribution in [0.3, 0.4) is 0 Å². The summed E-state index contributed by atoms with van der Waals surface area (Å²) in [7, 11) is 1.87. The molecule has 3 rings (SSSR count). The van der Waals surface area contributed by atoms with Gasteiger partial charge in [0.05, 0.1) is 23.7 Å². The lowest BCUT2D eigenvalue weighted by atomic mass is 10.1. The molecule has 3 aromatic rings. The topological polar surface area (TPSA) is 53.9 Å². The first kappa shape index (κ1) is 14.1. The fourth-order valence-corrected chi connectivity index (χ4v) is 2.94. The van der Waals surface area contributed by atoms with Crippen LogP contribution in [0.15, 0.2) is 53.0 Å². The molecular formula is C16H16BrN3O. The van der Waals surface area contributed by atoms with Crippen molar-refractivity contribution in [2.45, 2.75) is 6.04 Å². The molecule has 2 aromatic carbocycles. The summed E-state index contributed by atoms with van der Waals surface area (Å²) in [4.78, 5) is 0. The van der Waals surface area contributed by atoms with Crippen LogP contribution in [0.25, 0.3) is 11.0 Å². The Bertz CT molecular complexity index is 833. The Hall–Kier alpha value is -1.85. The first-order chi connectivity index (χ1) is 10.1. The standard InChI is InChI=1S/C16H16BrN3O/c1-19-13-4-2-3-5-14(13)20(16(19)18)15(10-21)11-6-8-12(17)9-7-11/h2-9,15,18,21H,10H2,1H3. The molecule has 5 heteroatoms. The summed E-state index contributed by atoms with van der Waals surface area (Å²) in [6.07, 6.45) is 0. The SMILES string of the molecule is Cn1c(=N)n(C(CO)c2ccc(Br)cc2)c2ccccc21. The fraction of sp³-hybridized carbons (Fsp3) is 0.188. The number of nitrogens with one attached hydrogen (secondary N) is 1. The number of para-hydroxylation sites is 2. The number of aliphatic hydroxyl groups is 1. The van der Waals surface area contributed by atoms with Gasteiger partial charge in [-0.3, -0.25) is 5.41 Å². The number of imidazole rings is 1. The van der Waals surface area contributed by atoms with E-state index in [1.54, 1.807) is 0 Å². The molecule has 1 heterocycles. The second-order valence-electron chi connectivity index (χ2n) is 4.99. The number of aliphatic hydroxyl groups excluding tert-OH is 1. The van der Waals surface area contributed by atoms with Crippen LogP contribution in [-0.2, 0) is 7.05 Å². The van der Waals surface area contributed by atoms with Crippen molar-refractivity contribution in [2.75, 3.05) is 6.61 Å². The molecule has 2 N–H and O–H groups in total. The largest absolute Gasteiger partial charge is 0.394 e. The second kappa shape index (κ2) is 5.50. The first-order valence-electron chi connectivity index (χ1n) is 6.70. The van der Waals surface area contributed by atoms with Gasteiger partial charge in [-0.05, 0) is 29.8 Å². The molecule has 0 bridgehead atoms. The van der Waals surface area contributed by atoms with Crippen LogP contribution in [-0.4, -0.2) is 20.8 Å². The van der Waals surface area contributed by atoms with Gasteiger partial charge in [0.25, 0.3) is 0 Å². The monoisotopic (exact) mass is 345 g/mol. The maximum absolute atomic E-state index is 9.87. The van der Waals surface area contributed by atoms with E-state index in [9.17, 15) is 5.11 Å². The number of hydrogen-bond donors (Lipinski definition) is 2. The third-order valence-corrected chi connectivity index (χ3v) is 4.32. The normalized spacial score (nSPS) is 12.7. The Kier molecular flexibility index (Phi) is 3.69. The van der Waals surface area contributed by atoms with Crippen molar-refractivity contribution in [3.8, 4) is 0 Å². The summed E-state index contributed by atoms with van der Waals surface area (Å²) in [5.74, 6) is 0. The van der Waals surface area contributed by atoms with Crippen molar-refractivity contribution in [2.24, 2.45) is 7.05 Å². The zero-order chi connectivity index (χ0) is 15.0. The predicted molar refractivity (Wildman–Crippen MR) is 86.1 cm³/mol. The highest BCUT2D eigenvalue weighted by molar-refractivity contribution is 9.10. The molecule has 0 saturated heterocycles. The minimum atomic E-state index is -0.267. The molecule has 1 unspecified atom stereocenters. The third-order valence-electron chi connectivity index (χ3n) is 3.79. The maximum atomic E-state index is 9.87. The van der Waals surface area contributed by atoms with E-state index in [1.165, 1.54) is 0 Å². The summed E-state index contributed by atoms with van der Waals surface area (Å²) in [5, 5.41) is 18.2. The van der Waals surface area contributed by atoms with E-state index in [0.29, 0.717) is 5.62 Å². The lowest BCUT2D eigenvalue weighted by Gasteiger charge is -2.17. The van der Waals surface area contributed by atoms with Crippen molar-refractivity contribution in [3.63, 3.8) is 0 Å². The minimum Gasteiger partial charge on any atom is -0.394 e. The van der Waals surface area contributed by atoms with Crippen LogP contribution in [0.2, 0.25) is 0 Å². The van der Waals surface area contributed by atoms with E-state index in [4.69, 9.17) is 5.41 Å². The van der Waals surface area contributed by atoms with Crippen LogP contribution >= 0.6 is 15.9 Å². The first-order valence-corrected chi connectivity index (χ1v) is 7.49. The van der Waals surface area contributed by atoms with E-state index in [0.717, 1.165) is 21.1 Å². The molecule has 0 fully saturated rings. The molecule has 1 atom stereocenters. The van der Waals surface area contributed by atoms with Crippen molar-refractivity contribution in [1.29, 1.82) is 5.41 Å². The Balaban J connectivity index is 2.24. The number of hydrogen-bond acceptors (Lipinski definition) is 2. The molecule has 108 valence electrons. The van der Waals surface area contributed by atoms with Gasteiger partial charge < -0.3 is 14.2 Å². The van der Waals surface area contributed by atoms with Gasteiger partial charge in [-0.1, -0.05) is 40.2 Å². The van der Waals surface area contributed by atoms with E-state index in [2.05, 4.69) is 15.9 Å². The average Bonchev–Trinajstić information content (AvgIpc) is 2.76. The zero-order valence-corrected chi connectivity index (χ0v) is 13.2. The molecule has 0 radical (unpaired) electrons. The summed E-state index contributed by atoms with van der Waals surface area (Å²) in [5.41, 5.74) is 3.29. The molecule has 0 saturated carbocycles. The molecular weight excluding hydrogens is 330 g/mol. The van der Waals surface area contributed by atoms with Gasteiger partial charge in [-0.2, -0.15) is 0 Å². The molecule has 0 aliphatic heterocycles. The Morgan fingerprint density at radius 3 is 2.33 bits per heavy atom. The van der Waals surface area contributed by atoms with Crippen LogP contribution in [0.4, 0.5) is 0 Å². The van der Waals surface area contributed by atoms with Gasteiger partial charge in [-0.15, -0.1) is 0 Å². The van der Waals surface area contributed by atoms with Crippen molar-refractivity contribution in [1.82, 2.24) is 9.13 Å². The number of fused-ring (bicyclic) bond motifs is 1. The predicted octanol–water partition coefficient (Wildman–Crippen LogP) is 2.80. The number of nitrogens with zero attached hydrogens (tertiary/aromatic N) is 2. The highest BCUT2D eigenvalue weighted by atomic mass is 79.9. The van der Waals surface area contributed by atoms with Crippen molar-refractivity contribution in [3.05, 3.63) is 64.2 Å². The fourth-order valence-electron chi connectivity index (χ4n) is 2.68. The van der Waals surface area contributed by atoms with Gasteiger partial charge in [0.1, 0.15) is 0 Å². The second-order valence-corrected chi connectivity index (χ2v) is 5.91. The Morgan fingerprint density at radius 1 is 1.10 bits per heavy atom. The minimum absolute atomic E-state index is 0.0494. The molecule has 0 amide bonds. The Morgan fingerprint density at radius 2 is 1.71 bits per heavy atom. The lowest BCUT2D eigenvalue weighted by molar-refractivity contribution is 0.248. The lowest BCUT2D eigenvalue weighted by Crippen LogP contribution is -2.28. The summed E-state index contributed by atoms with van der Waals surface area (Å²) >= 11 is 3.42. The number of aromatic nitrogens is 2. The summed E-state index contributed by atoms with van der Waals surface area (Å²) < 4.78 is 4.70. The number of rotatable bonds is 3. The van der Waals surface area contributed by atoms with Crippen molar-refractivity contribution < 1.29 is 5.11 Å². The van der Waals surface area contributed by atoms with Crippen LogP contribution in [0.5, 0.6) is 0 Å². The number of aryl methyl sites for hydroxylation is 1. The maximum Gasteiger partial charge on any atom is 0.203 e. The quantitative estimate of drug-likeness (QED) is 0.753.